The zero-order chi connectivity index (χ0) is 28.6. The van der Waals surface area contributed by atoms with Gasteiger partial charge in [-0.1, -0.05) is 0 Å². The first-order valence-electron chi connectivity index (χ1n) is 13.7. The SMILES string of the molecule is COC(=O)C[C@H]1CN(C[C@H](O)c2ccnc3ccc(OC)cc23)CC[C@@]12CN(c1ccc3c(c1)OCCO3)C(=O)O2. The number of benzene rings is 2. The molecule has 0 saturated carbocycles. The Bertz CT molecular complexity index is 1460. The third kappa shape index (κ3) is 5.22. The third-order valence-corrected chi connectivity index (χ3v) is 8.26. The molecule has 6 rings (SSSR count). The number of likely N-dealkylation sites (tertiary alicyclic amines) is 1. The van der Waals surface area contributed by atoms with E-state index in [9.17, 15) is 14.7 Å². The number of amides is 1. The number of methoxy groups -OCH3 is 2. The molecular formula is C30H33N3O8. The first-order chi connectivity index (χ1) is 19.9. The van der Waals surface area contributed by atoms with Gasteiger partial charge in [0.2, 0.25) is 0 Å². The van der Waals surface area contributed by atoms with E-state index in [4.69, 9.17) is 23.7 Å². The molecule has 3 aromatic rings. The summed E-state index contributed by atoms with van der Waals surface area (Å²) in [4.78, 5) is 33.8. The molecule has 1 amide bonds. The van der Waals surface area contributed by atoms with Crippen molar-refractivity contribution in [2.75, 3.05) is 58.5 Å². The van der Waals surface area contributed by atoms with E-state index in [1.165, 1.54) is 7.11 Å². The summed E-state index contributed by atoms with van der Waals surface area (Å²) in [5.41, 5.74) is 1.28. The van der Waals surface area contributed by atoms with Crippen LogP contribution in [0.1, 0.15) is 24.5 Å². The summed E-state index contributed by atoms with van der Waals surface area (Å²) >= 11 is 0. The molecule has 3 atom stereocenters. The molecular weight excluding hydrogens is 530 g/mol. The highest BCUT2D eigenvalue weighted by Gasteiger charge is 2.54. The topological polar surface area (TPSA) is 120 Å². The molecule has 216 valence electrons. The van der Waals surface area contributed by atoms with Gasteiger partial charge < -0.3 is 28.8 Å². The normalized spacial score (nSPS) is 23.0. The molecule has 2 aromatic carbocycles. The second-order valence-corrected chi connectivity index (χ2v) is 10.6. The fraction of sp³-hybridized carbons (Fsp3) is 0.433. The zero-order valence-electron chi connectivity index (χ0n) is 23.1. The lowest BCUT2D eigenvalue weighted by molar-refractivity contribution is -0.146. The number of carbonyl (C=O) groups excluding carboxylic acids is 2. The van der Waals surface area contributed by atoms with Gasteiger partial charge in [-0.15, -0.1) is 0 Å². The summed E-state index contributed by atoms with van der Waals surface area (Å²) in [6.07, 6.45) is 0.992. The van der Waals surface area contributed by atoms with Crippen molar-refractivity contribution in [1.82, 2.24) is 9.88 Å². The molecule has 1 N–H and O–H groups in total. The highest BCUT2D eigenvalue weighted by Crippen LogP contribution is 2.43. The van der Waals surface area contributed by atoms with Crippen molar-refractivity contribution in [3.05, 3.63) is 54.2 Å². The van der Waals surface area contributed by atoms with Gasteiger partial charge >= 0.3 is 12.1 Å². The number of hydrogen-bond acceptors (Lipinski definition) is 10. The number of pyridine rings is 1. The van der Waals surface area contributed by atoms with E-state index >= 15 is 0 Å². The molecule has 1 spiro atoms. The van der Waals surface area contributed by atoms with Gasteiger partial charge in [0.25, 0.3) is 0 Å². The first kappa shape index (κ1) is 27.1. The standard InChI is InChI=1S/C30H33N3O8/c1-37-21-4-5-24-23(15-21)22(7-9-31-24)25(34)17-32-10-8-30(19(16-32)13-28(35)38-2)18-33(29(36)41-30)20-3-6-26-27(14-20)40-12-11-39-26/h3-7,9,14-15,19,25,34H,8,10-13,16-18H2,1-2H3/t19-,25-,30+/m0/s1. The fourth-order valence-corrected chi connectivity index (χ4v) is 6.06. The van der Waals surface area contributed by atoms with Crippen LogP contribution in [0.4, 0.5) is 10.5 Å². The van der Waals surface area contributed by atoms with Gasteiger partial charge in [-0.3, -0.25) is 19.6 Å². The number of hydrogen-bond donors (Lipinski definition) is 1. The molecule has 0 radical (unpaired) electrons. The Hall–Kier alpha value is -4.09. The number of esters is 1. The van der Waals surface area contributed by atoms with E-state index in [2.05, 4.69) is 9.88 Å². The molecule has 0 unspecified atom stereocenters. The zero-order valence-corrected chi connectivity index (χ0v) is 23.1. The van der Waals surface area contributed by atoms with Crippen molar-refractivity contribution in [2.45, 2.75) is 24.5 Å². The molecule has 11 heteroatoms. The van der Waals surface area contributed by atoms with E-state index in [1.807, 2.05) is 30.3 Å². The van der Waals surface area contributed by atoms with Gasteiger partial charge in [0, 0.05) is 49.6 Å². The number of nitrogens with zero attached hydrogens (tertiary/aromatic N) is 3. The minimum absolute atomic E-state index is 0.0841. The number of ether oxygens (including phenoxy) is 5. The maximum Gasteiger partial charge on any atom is 0.415 e. The highest BCUT2D eigenvalue weighted by molar-refractivity contribution is 5.91. The summed E-state index contributed by atoms with van der Waals surface area (Å²) < 4.78 is 27.8. The van der Waals surface area contributed by atoms with E-state index in [0.29, 0.717) is 62.2 Å². The Labute approximate surface area is 237 Å². The lowest BCUT2D eigenvalue weighted by Crippen LogP contribution is -2.55. The molecule has 0 bridgehead atoms. The first-order valence-corrected chi connectivity index (χ1v) is 13.7. The Morgan fingerprint density at radius 3 is 2.78 bits per heavy atom. The van der Waals surface area contributed by atoms with Gasteiger partial charge in [-0.05, 0) is 42.0 Å². The van der Waals surface area contributed by atoms with Crippen molar-refractivity contribution in [3.63, 3.8) is 0 Å². The molecule has 4 heterocycles. The van der Waals surface area contributed by atoms with E-state index in [-0.39, 0.29) is 24.9 Å². The quantitative estimate of drug-likeness (QED) is 0.429. The van der Waals surface area contributed by atoms with E-state index < -0.39 is 17.8 Å². The minimum atomic E-state index is -0.878. The Balaban J connectivity index is 1.21. The number of aliphatic hydroxyl groups is 1. The molecule has 2 saturated heterocycles. The van der Waals surface area contributed by atoms with Crippen LogP contribution in [0.15, 0.2) is 48.7 Å². The van der Waals surface area contributed by atoms with Crippen LogP contribution in [0.3, 0.4) is 0 Å². The van der Waals surface area contributed by atoms with Crippen molar-refractivity contribution in [2.24, 2.45) is 5.92 Å². The van der Waals surface area contributed by atoms with Crippen molar-refractivity contribution in [3.8, 4) is 17.2 Å². The van der Waals surface area contributed by atoms with Crippen molar-refractivity contribution >= 4 is 28.7 Å². The largest absolute Gasteiger partial charge is 0.497 e. The van der Waals surface area contributed by atoms with Gasteiger partial charge in [0.15, 0.2) is 11.5 Å². The number of β-amino-alcohol motifs (C(OH)–C–C–N with tert-alkyl or cyclic N) is 1. The number of aliphatic hydroxyl groups excluding tert-OH is 1. The number of carbonyl (C=O) groups is 2. The second-order valence-electron chi connectivity index (χ2n) is 10.6. The van der Waals surface area contributed by atoms with Crippen LogP contribution < -0.4 is 19.1 Å². The van der Waals surface area contributed by atoms with Crippen LogP contribution in [0, 0.1) is 5.92 Å². The molecule has 11 nitrogen and oxygen atoms in total. The number of piperidine rings is 1. The predicted octanol–water partition coefficient (Wildman–Crippen LogP) is 3.33. The molecule has 0 aliphatic carbocycles. The summed E-state index contributed by atoms with van der Waals surface area (Å²) in [6.45, 7) is 2.57. The minimum Gasteiger partial charge on any atom is -0.497 e. The lowest BCUT2D eigenvalue weighted by atomic mass is 9.78. The summed E-state index contributed by atoms with van der Waals surface area (Å²) in [7, 11) is 2.95. The third-order valence-electron chi connectivity index (χ3n) is 8.26. The Morgan fingerprint density at radius 2 is 1.98 bits per heavy atom. The molecule has 3 aliphatic heterocycles. The predicted molar refractivity (Wildman–Crippen MR) is 148 cm³/mol. The molecule has 1 aromatic heterocycles. The Morgan fingerprint density at radius 1 is 1.15 bits per heavy atom. The highest BCUT2D eigenvalue weighted by atomic mass is 16.6. The van der Waals surface area contributed by atoms with Crippen LogP contribution in [0.2, 0.25) is 0 Å². The maximum absolute atomic E-state index is 13.2. The smallest absolute Gasteiger partial charge is 0.415 e. The monoisotopic (exact) mass is 563 g/mol. The van der Waals surface area contributed by atoms with Crippen LogP contribution >= 0.6 is 0 Å². The van der Waals surface area contributed by atoms with Gasteiger partial charge in [0.05, 0.1) is 44.5 Å². The van der Waals surface area contributed by atoms with Crippen molar-refractivity contribution < 1.29 is 38.4 Å². The van der Waals surface area contributed by atoms with Crippen LogP contribution in [-0.4, -0.2) is 86.3 Å². The average Bonchev–Trinajstić information content (AvgIpc) is 3.34. The maximum atomic E-state index is 13.2. The number of fused-ring (bicyclic) bond motifs is 2. The number of anilines is 1. The van der Waals surface area contributed by atoms with Crippen LogP contribution in [0.5, 0.6) is 17.2 Å². The summed E-state index contributed by atoms with van der Waals surface area (Å²) in [5, 5.41) is 12.1. The second kappa shape index (κ2) is 11.1. The Kier molecular flexibility index (Phi) is 7.31. The van der Waals surface area contributed by atoms with Gasteiger partial charge in [0.1, 0.15) is 24.6 Å². The summed E-state index contributed by atoms with van der Waals surface area (Å²) in [6, 6.07) is 12.8. The van der Waals surface area contributed by atoms with Gasteiger partial charge in [-0.2, -0.15) is 0 Å². The van der Waals surface area contributed by atoms with Crippen molar-refractivity contribution in [1.29, 1.82) is 0 Å². The average molecular weight is 564 g/mol. The van der Waals surface area contributed by atoms with E-state index in [0.717, 1.165) is 16.5 Å². The molecule has 3 aliphatic rings. The van der Waals surface area contributed by atoms with E-state index in [1.54, 1.807) is 30.3 Å². The van der Waals surface area contributed by atoms with Crippen LogP contribution in [0.25, 0.3) is 10.9 Å². The molecule has 2 fully saturated rings. The van der Waals surface area contributed by atoms with Gasteiger partial charge in [-0.25, -0.2) is 4.79 Å². The summed E-state index contributed by atoms with van der Waals surface area (Å²) in [5.74, 6) is 1.19. The number of rotatable bonds is 7. The van der Waals surface area contributed by atoms with Crippen LogP contribution in [-0.2, 0) is 14.3 Å². The lowest BCUT2D eigenvalue weighted by Gasteiger charge is -2.44. The fourth-order valence-electron chi connectivity index (χ4n) is 6.06. The number of aromatic nitrogens is 1. The molecule has 41 heavy (non-hydrogen) atoms.